The van der Waals surface area contributed by atoms with E-state index >= 15 is 0 Å². The molecule has 0 fully saturated rings. The summed E-state index contributed by atoms with van der Waals surface area (Å²) in [4.78, 5) is 22.7. The fourth-order valence-electron chi connectivity index (χ4n) is 1.64. The van der Waals surface area contributed by atoms with Gasteiger partial charge < -0.3 is 16.2 Å². The number of nitrogens with two attached hydrogens (primary N) is 1. The van der Waals surface area contributed by atoms with Crippen molar-refractivity contribution >= 4 is 39.2 Å². The molecule has 0 bridgehead atoms. The number of anilines is 2. The van der Waals surface area contributed by atoms with Crippen LogP contribution in [0, 0.1) is 5.82 Å². The van der Waals surface area contributed by atoms with Crippen LogP contribution in [-0.2, 0) is 0 Å². The van der Waals surface area contributed by atoms with E-state index in [0.29, 0.717) is 15.7 Å². The third-order valence-electron chi connectivity index (χ3n) is 2.72. The number of amides is 1. The number of carboxylic acids is 1. The van der Waals surface area contributed by atoms with Crippen LogP contribution in [0.1, 0.15) is 20.7 Å². The van der Waals surface area contributed by atoms with E-state index in [1.165, 1.54) is 18.2 Å². The maximum Gasteiger partial charge on any atom is 0.338 e. The highest BCUT2D eigenvalue weighted by Crippen LogP contribution is 2.21. The Bertz CT molecular complexity index is 734. The van der Waals surface area contributed by atoms with Gasteiger partial charge in [-0.2, -0.15) is 0 Å². The van der Waals surface area contributed by atoms with Crippen LogP contribution >= 0.6 is 15.9 Å². The molecular formula is C14H10BrFN2O3. The van der Waals surface area contributed by atoms with Crippen LogP contribution in [0.4, 0.5) is 15.8 Å². The third-order valence-corrected chi connectivity index (χ3v) is 3.41. The first-order valence-corrected chi connectivity index (χ1v) is 6.57. The zero-order valence-electron chi connectivity index (χ0n) is 10.6. The van der Waals surface area contributed by atoms with Gasteiger partial charge in [-0.3, -0.25) is 4.79 Å². The van der Waals surface area contributed by atoms with E-state index in [9.17, 15) is 14.0 Å². The van der Waals surface area contributed by atoms with E-state index in [1.54, 1.807) is 6.07 Å². The number of hydrogen-bond donors (Lipinski definition) is 3. The molecule has 0 aliphatic carbocycles. The van der Waals surface area contributed by atoms with E-state index in [4.69, 9.17) is 10.8 Å². The monoisotopic (exact) mass is 352 g/mol. The van der Waals surface area contributed by atoms with Crippen molar-refractivity contribution in [2.45, 2.75) is 0 Å². The third kappa shape index (κ3) is 3.38. The zero-order chi connectivity index (χ0) is 15.6. The van der Waals surface area contributed by atoms with Crippen molar-refractivity contribution < 1.29 is 19.1 Å². The molecule has 0 aliphatic heterocycles. The summed E-state index contributed by atoms with van der Waals surface area (Å²) in [7, 11) is 0. The van der Waals surface area contributed by atoms with Crippen LogP contribution < -0.4 is 11.1 Å². The first-order chi connectivity index (χ1) is 9.88. The molecule has 0 saturated carbocycles. The van der Waals surface area contributed by atoms with Gasteiger partial charge in [-0.1, -0.05) is 0 Å². The maximum atomic E-state index is 13.5. The molecule has 0 saturated heterocycles. The summed E-state index contributed by atoms with van der Waals surface area (Å²) >= 11 is 3.21. The normalized spacial score (nSPS) is 10.2. The first-order valence-electron chi connectivity index (χ1n) is 5.77. The fourth-order valence-corrected chi connectivity index (χ4v) is 2.02. The SMILES string of the molecule is Nc1ccc(C(=O)Nc2ccc(C(=O)O)c(F)c2)cc1Br. The molecule has 21 heavy (non-hydrogen) atoms. The number of carbonyl (C=O) groups is 2. The molecule has 2 aromatic rings. The van der Waals surface area contributed by atoms with Gasteiger partial charge in [0.25, 0.3) is 5.91 Å². The Morgan fingerprint density at radius 2 is 1.90 bits per heavy atom. The van der Waals surface area contributed by atoms with Gasteiger partial charge >= 0.3 is 5.97 Å². The van der Waals surface area contributed by atoms with Gasteiger partial charge in [-0.05, 0) is 52.3 Å². The molecule has 0 unspecified atom stereocenters. The lowest BCUT2D eigenvalue weighted by atomic mass is 10.1. The summed E-state index contributed by atoms with van der Waals surface area (Å²) < 4.78 is 14.1. The molecule has 0 atom stereocenters. The molecule has 108 valence electrons. The van der Waals surface area contributed by atoms with Crippen LogP contribution in [0.15, 0.2) is 40.9 Å². The lowest BCUT2D eigenvalue weighted by Crippen LogP contribution is -2.13. The molecular weight excluding hydrogens is 343 g/mol. The summed E-state index contributed by atoms with van der Waals surface area (Å²) in [5.74, 6) is -2.75. The number of aromatic carboxylic acids is 1. The van der Waals surface area contributed by atoms with Gasteiger partial charge in [0.15, 0.2) is 0 Å². The molecule has 5 nitrogen and oxygen atoms in total. The number of hydrogen-bond acceptors (Lipinski definition) is 3. The molecule has 2 aromatic carbocycles. The summed E-state index contributed by atoms with van der Waals surface area (Å²) in [6.45, 7) is 0. The maximum absolute atomic E-state index is 13.5. The van der Waals surface area contributed by atoms with Crippen LogP contribution in [0.25, 0.3) is 0 Å². The largest absolute Gasteiger partial charge is 0.478 e. The van der Waals surface area contributed by atoms with E-state index in [-0.39, 0.29) is 5.69 Å². The minimum Gasteiger partial charge on any atom is -0.478 e. The van der Waals surface area contributed by atoms with Gasteiger partial charge in [-0.25, -0.2) is 9.18 Å². The summed E-state index contributed by atoms with van der Waals surface area (Å²) in [5.41, 5.74) is 6.15. The Balaban J connectivity index is 2.21. The molecule has 7 heteroatoms. The Morgan fingerprint density at radius 1 is 1.19 bits per heavy atom. The Hall–Kier alpha value is -2.41. The van der Waals surface area contributed by atoms with E-state index in [2.05, 4.69) is 21.2 Å². The average Bonchev–Trinajstić information content (AvgIpc) is 2.41. The highest BCUT2D eigenvalue weighted by molar-refractivity contribution is 9.10. The smallest absolute Gasteiger partial charge is 0.338 e. The van der Waals surface area contributed by atoms with Gasteiger partial charge in [-0.15, -0.1) is 0 Å². The molecule has 1 amide bonds. The van der Waals surface area contributed by atoms with Crippen molar-refractivity contribution in [1.29, 1.82) is 0 Å². The predicted octanol–water partition coefficient (Wildman–Crippen LogP) is 3.12. The Labute approximate surface area is 127 Å². The Kier molecular flexibility index (Phi) is 4.23. The highest BCUT2D eigenvalue weighted by Gasteiger charge is 2.12. The number of carboxylic acid groups (broad SMARTS) is 1. The van der Waals surface area contributed by atoms with Crippen LogP contribution in [0.5, 0.6) is 0 Å². The molecule has 2 rings (SSSR count). The number of halogens is 2. The summed E-state index contributed by atoms with van der Waals surface area (Å²) in [6, 6.07) is 7.98. The number of carbonyl (C=O) groups excluding carboxylic acids is 1. The second kappa shape index (κ2) is 5.92. The van der Waals surface area contributed by atoms with E-state index in [1.807, 2.05) is 0 Å². The van der Waals surface area contributed by atoms with Crippen molar-refractivity contribution in [3.8, 4) is 0 Å². The van der Waals surface area contributed by atoms with Crippen molar-refractivity contribution in [3.05, 3.63) is 57.8 Å². The summed E-state index contributed by atoms with van der Waals surface area (Å²) in [5, 5.41) is 11.2. The average molecular weight is 353 g/mol. The van der Waals surface area contributed by atoms with Crippen LogP contribution in [0.3, 0.4) is 0 Å². The number of nitrogen functional groups attached to an aromatic ring is 1. The van der Waals surface area contributed by atoms with Gasteiger partial charge in [0.1, 0.15) is 5.82 Å². The number of benzene rings is 2. The minimum atomic E-state index is -1.37. The van der Waals surface area contributed by atoms with Crippen LogP contribution in [0.2, 0.25) is 0 Å². The highest BCUT2D eigenvalue weighted by atomic mass is 79.9. The molecule has 0 aromatic heterocycles. The van der Waals surface area contributed by atoms with Gasteiger partial charge in [0.2, 0.25) is 0 Å². The topological polar surface area (TPSA) is 92.4 Å². The Morgan fingerprint density at radius 3 is 2.48 bits per heavy atom. The van der Waals surface area contributed by atoms with Crippen molar-refractivity contribution in [1.82, 2.24) is 0 Å². The number of nitrogens with one attached hydrogen (secondary N) is 1. The van der Waals surface area contributed by atoms with Gasteiger partial charge in [0, 0.05) is 21.4 Å². The first kappa shape index (κ1) is 15.0. The fraction of sp³-hybridized carbons (Fsp3) is 0. The predicted molar refractivity (Wildman–Crippen MR) is 79.9 cm³/mol. The molecule has 0 radical (unpaired) electrons. The van der Waals surface area contributed by atoms with Gasteiger partial charge in [0.05, 0.1) is 5.56 Å². The standard InChI is InChI=1S/C14H10BrFN2O3/c15-10-5-7(1-4-12(10)17)13(19)18-8-2-3-9(14(20)21)11(16)6-8/h1-6H,17H2,(H,18,19)(H,20,21). The van der Waals surface area contributed by atoms with Crippen molar-refractivity contribution in [2.24, 2.45) is 0 Å². The molecule has 0 spiro atoms. The number of rotatable bonds is 3. The minimum absolute atomic E-state index is 0.162. The molecule has 0 heterocycles. The zero-order valence-corrected chi connectivity index (χ0v) is 12.1. The van der Waals surface area contributed by atoms with E-state index in [0.717, 1.165) is 12.1 Å². The summed E-state index contributed by atoms with van der Waals surface area (Å²) in [6.07, 6.45) is 0. The molecule has 0 aliphatic rings. The van der Waals surface area contributed by atoms with E-state index < -0.39 is 23.3 Å². The van der Waals surface area contributed by atoms with Crippen molar-refractivity contribution in [2.75, 3.05) is 11.1 Å². The van der Waals surface area contributed by atoms with Crippen molar-refractivity contribution in [3.63, 3.8) is 0 Å². The molecule has 4 N–H and O–H groups in total. The van der Waals surface area contributed by atoms with Crippen LogP contribution in [-0.4, -0.2) is 17.0 Å². The quantitative estimate of drug-likeness (QED) is 0.740. The second-order valence-electron chi connectivity index (χ2n) is 4.19. The lowest BCUT2D eigenvalue weighted by Gasteiger charge is -2.07. The lowest BCUT2D eigenvalue weighted by molar-refractivity contribution is 0.0692. The second-order valence-corrected chi connectivity index (χ2v) is 5.04.